The summed E-state index contributed by atoms with van der Waals surface area (Å²) < 4.78 is 0. The maximum Gasteiger partial charge on any atom is 0.223 e. The van der Waals surface area contributed by atoms with Gasteiger partial charge in [0, 0.05) is 24.5 Å². The van der Waals surface area contributed by atoms with Gasteiger partial charge in [-0.25, -0.2) is 0 Å². The Hall–Kier alpha value is -0.0300. The Morgan fingerprint density at radius 2 is 1.95 bits per heavy atom. The van der Waals surface area contributed by atoms with Crippen LogP contribution in [0, 0.1) is 5.92 Å². The fourth-order valence-electron chi connectivity index (χ4n) is 3.54. The molecule has 1 saturated heterocycles. The normalized spacial score (nSPS) is 28.5. The van der Waals surface area contributed by atoms with Crippen molar-refractivity contribution >= 4 is 30.7 Å². The summed E-state index contributed by atoms with van der Waals surface area (Å²) in [6, 6.07) is 0.990. The molecule has 3 unspecified atom stereocenters. The van der Waals surface area contributed by atoms with Crippen molar-refractivity contribution in [3.63, 3.8) is 0 Å². The Labute approximate surface area is 147 Å². The first-order chi connectivity index (χ1) is 9.66. The first-order valence-corrected chi connectivity index (χ1v) is 8.44. The molecule has 1 aliphatic carbocycles. The van der Waals surface area contributed by atoms with Gasteiger partial charge in [-0.05, 0) is 65.0 Å². The average Bonchev–Trinajstić information content (AvgIpc) is 2.87. The van der Waals surface area contributed by atoms with Crippen LogP contribution in [0.1, 0.15) is 58.3 Å². The van der Waals surface area contributed by atoms with Gasteiger partial charge in [0.1, 0.15) is 0 Å². The lowest BCUT2D eigenvalue weighted by atomic mass is 10.0. The number of nitrogens with two attached hydrogens (primary N) is 1. The lowest BCUT2D eigenvalue weighted by molar-refractivity contribution is -0.124. The second-order valence-electron chi connectivity index (χ2n) is 6.65. The third-order valence-corrected chi connectivity index (χ3v) is 4.96. The SMILES string of the molecule is CC1CCCCN1CCCCNC(=O)C1CCC(N)C1.Cl.Cl. The molecule has 22 heavy (non-hydrogen) atoms. The lowest BCUT2D eigenvalue weighted by Gasteiger charge is -2.33. The summed E-state index contributed by atoms with van der Waals surface area (Å²) in [4.78, 5) is 14.5. The van der Waals surface area contributed by atoms with Crippen molar-refractivity contribution in [1.82, 2.24) is 10.2 Å². The van der Waals surface area contributed by atoms with Crippen LogP contribution in [0.2, 0.25) is 0 Å². The summed E-state index contributed by atoms with van der Waals surface area (Å²) in [5.74, 6) is 0.399. The Kier molecular flexibility index (Phi) is 11.5. The number of halogens is 2. The Balaban J connectivity index is 0.00000220. The molecule has 0 spiro atoms. The highest BCUT2D eigenvalue weighted by Crippen LogP contribution is 2.24. The number of piperidine rings is 1. The van der Waals surface area contributed by atoms with Crippen LogP contribution in [-0.4, -0.2) is 42.5 Å². The van der Waals surface area contributed by atoms with E-state index in [1.54, 1.807) is 0 Å². The molecule has 2 rings (SSSR count). The first kappa shape index (κ1) is 22.0. The monoisotopic (exact) mass is 353 g/mol. The van der Waals surface area contributed by atoms with E-state index in [9.17, 15) is 4.79 Å². The summed E-state index contributed by atoms with van der Waals surface area (Å²) >= 11 is 0. The molecule has 2 aliphatic rings. The molecule has 1 aliphatic heterocycles. The third-order valence-electron chi connectivity index (χ3n) is 4.96. The van der Waals surface area contributed by atoms with Crippen LogP contribution in [0.3, 0.4) is 0 Å². The van der Waals surface area contributed by atoms with E-state index in [4.69, 9.17) is 5.73 Å². The smallest absolute Gasteiger partial charge is 0.223 e. The van der Waals surface area contributed by atoms with Crippen molar-refractivity contribution in [3.8, 4) is 0 Å². The number of hydrogen-bond acceptors (Lipinski definition) is 3. The molecule has 0 aromatic heterocycles. The molecule has 2 fully saturated rings. The maximum absolute atomic E-state index is 11.9. The van der Waals surface area contributed by atoms with E-state index in [2.05, 4.69) is 17.1 Å². The number of carbonyl (C=O) groups is 1. The predicted molar refractivity (Wildman–Crippen MR) is 96.9 cm³/mol. The molecule has 0 bridgehead atoms. The number of nitrogens with one attached hydrogen (secondary N) is 1. The summed E-state index contributed by atoms with van der Waals surface area (Å²) in [5.41, 5.74) is 5.85. The quantitative estimate of drug-likeness (QED) is 0.721. The Morgan fingerprint density at radius 1 is 1.18 bits per heavy atom. The van der Waals surface area contributed by atoms with Gasteiger partial charge >= 0.3 is 0 Å². The van der Waals surface area contributed by atoms with Crippen LogP contribution in [0.4, 0.5) is 0 Å². The number of hydrogen-bond donors (Lipinski definition) is 2. The molecule has 6 heteroatoms. The van der Waals surface area contributed by atoms with E-state index in [1.807, 2.05) is 0 Å². The zero-order valence-electron chi connectivity index (χ0n) is 13.8. The summed E-state index contributed by atoms with van der Waals surface area (Å²) in [7, 11) is 0. The Bertz CT molecular complexity index is 318. The molecule has 1 amide bonds. The van der Waals surface area contributed by atoms with Crippen molar-refractivity contribution < 1.29 is 4.79 Å². The van der Waals surface area contributed by atoms with Crippen LogP contribution in [-0.2, 0) is 4.79 Å². The second-order valence-corrected chi connectivity index (χ2v) is 6.65. The van der Waals surface area contributed by atoms with Gasteiger partial charge in [-0.2, -0.15) is 0 Å². The minimum Gasteiger partial charge on any atom is -0.356 e. The molecule has 0 radical (unpaired) electrons. The van der Waals surface area contributed by atoms with Crippen LogP contribution in [0.15, 0.2) is 0 Å². The summed E-state index contributed by atoms with van der Waals surface area (Å²) in [6.07, 6.45) is 9.21. The molecule has 0 aromatic rings. The molecule has 3 N–H and O–H groups in total. The van der Waals surface area contributed by atoms with Gasteiger partial charge in [0.15, 0.2) is 0 Å². The fourth-order valence-corrected chi connectivity index (χ4v) is 3.54. The van der Waals surface area contributed by atoms with Crippen molar-refractivity contribution in [2.75, 3.05) is 19.6 Å². The summed E-state index contributed by atoms with van der Waals surface area (Å²) in [6.45, 7) is 5.61. The largest absolute Gasteiger partial charge is 0.356 e. The van der Waals surface area contributed by atoms with Gasteiger partial charge in [-0.3, -0.25) is 4.79 Å². The van der Waals surface area contributed by atoms with Gasteiger partial charge in [-0.1, -0.05) is 6.42 Å². The molecule has 4 nitrogen and oxygen atoms in total. The van der Waals surface area contributed by atoms with Crippen molar-refractivity contribution in [2.24, 2.45) is 11.7 Å². The Morgan fingerprint density at radius 3 is 2.59 bits per heavy atom. The molecule has 1 saturated carbocycles. The van der Waals surface area contributed by atoms with Gasteiger partial charge in [0.05, 0.1) is 0 Å². The van der Waals surface area contributed by atoms with Crippen LogP contribution < -0.4 is 11.1 Å². The number of carbonyl (C=O) groups excluding carboxylic acids is 1. The van der Waals surface area contributed by atoms with Crippen molar-refractivity contribution in [2.45, 2.75) is 70.4 Å². The standard InChI is InChI=1S/C16H31N3O.2ClH/c1-13-6-2-4-10-19(13)11-5-3-9-18-16(20)14-7-8-15(17)12-14;;/h13-15H,2-12,17H2,1H3,(H,18,20);2*1H. The van der Waals surface area contributed by atoms with Crippen LogP contribution in [0.25, 0.3) is 0 Å². The van der Waals surface area contributed by atoms with Crippen LogP contribution >= 0.6 is 24.8 Å². The van der Waals surface area contributed by atoms with Crippen LogP contribution in [0.5, 0.6) is 0 Å². The molecular formula is C16H33Cl2N3O. The summed E-state index contributed by atoms with van der Waals surface area (Å²) in [5, 5.41) is 3.08. The number of rotatable bonds is 6. The molecule has 132 valence electrons. The maximum atomic E-state index is 11.9. The van der Waals surface area contributed by atoms with Crippen molar-refractivity contribution in [3.05, 3.63) is 0 Å². The number of unbranched alkanes of at least 4 members (excludes halogenated alkanes) is 1. The zero-order valence-corrected chi connectivity index (χ0v) is 15.4. The van der Waals surface area contributed by atoms with Gasteiger partial charge in [0.25, 0.3) is 0 Å². The van der Waals surface area contributed by atoms with E-state index in [1.165, 1.54) is 38.8 Å². The number of likely N-dealkylation sites (tertiary alicyclic amines) is 1. The highest BCUT2D eigenvalue weighted by molar-refractivity contribution is 5.85. The van der Waals surface area contributed by atoms with E-state index < -0.39 is 0 Å². The molecule has 1 heterocycles. The number of nitrogens with zero attached hydrogens (tertiary/aromatic N) is 1. The molecule has 0 aromatic carbocycles. The lowest BCUT2D eigenvalue weighted by Crippen LogP contribution is -2.38. The number of amides is 1. The van der Waals surface area contributed by atoms with Gasteiger partial charge < -0.3 is 16.0 Å². The predicted octanol–water partition coefficient (Wildman–Crippen LogP) is 2.73. The average molecular weight is 354 g/mol. The zero-order chi connectivity index (χ0) is 14.4. The third kappa shape index (κ3) is 7.03. The van der Waals surface area contributed by atoms with Crippen molar-refractivity contribution in [1.29, 1.82) is 0 Å². The van der Waals surface area contributed by atoms with Gasteiger partial charge in [0.2, 0.25) is 5.91 Å². The minimum atomic E-state index is 0. The van der Waals surface area contributed by atoms with Gasteiger partial charge in [-0.15, -0.1) is 24.8 Å². The van der Waals surface area contributed by atoms with E-state index in [-0.39, 0.29) is 42.7 Å². The topological polar surface area (TPSA) is 58.4 Å². The van der Waals surface area contributed by atoms with E-state index in [0.29, 0.717) is 0 Å². The molecular weight excluding hydrogens is 321 g/mol. The minimum absolute atomic E-state index is 0. The van der Waals surface area contributed by atoms with E-state index in [0.717, 1.165) is 38.3 Å². The first-order valence-electron chi connectivity index (χ1n) is 8.44. The fraction of sp³-hybridized carbons (Fsp3) is 0.938. The van der Waals surface area contributed by atoms with E-state index >= 15 is 0 Å². The second kappa shape index (κ2) is 11.5. The highest BCUT2D eigenvalue weighted by Gasteiger charge is 2.27. The molecule has 3 atom stereocenters. The highest BCUT2D eigenvalue weighted by atomic mass is 35.5.